The number of hydrogen-bond donors (Lipinski definition) is 2. The third-order valence-electron chi connectivity index (χ3n) is 3.11. The van der Waals surface area contributed by atoms with Crippen molar-refractivity contribution in [3.05, 3.63) is 63.2 Å². The molecular weight excluding hydrogens is 344 g/mol. The van der Waals surface area contributed by atoms with Crippen LogP contribution < -0.4 is 4.72 Å². The van der Waals surface area contributed by atoms with Crippen molar-refractivity contribution in [1.82, 2.24) is 4.72 Å². The van der Waals surface area contributed by atoms with Crippen molar-refractivity contribution in [2.24, 2.45) is 0 Å². The first-order valence-electron chi connectivity index (χ1n) is 6.52. The van der Waals surface area contributed by atoms with Crippen LogP contribution in [0, 0.1) is 10.1 Å². The lowest BCUT2D eigenvalue weighted by Gasteiger charge is -2.09. The number of rotatable bonds is 6. The molecule has 0 spiro atoms. The Kier molecular flexibility index (Phi) is 5.19. The van der Waals surface area contributed by atoms with Gasteiger partial charge in [-0.25, -0.2) is 13.1 Å². The number of halogens is 1. The Labute approximate surface area is 137 Å². The largest absolute Gasteiger partial charge is 0.505 e. The van der Waals surface area contributed by atoms with Crippen molar-refractivity contribution < 1.29 is 18.4 Å². The summed E-state index contributed by atoms with van der Waals surface area (Å²) in [6.45, 7) is -0.0564. The van der Waals surface area contributed by atoms with E-state index in [1.807, 2.05) is 0 Å². The first kappa shape index (κ1) is 17.2. The first-order chi connectivity index (χ1) is 10.8. The van der Waals surface area contributed by atoms with Gasteiger partial charge >= 0.3 is 0 Å². The zero-order valence-corrected chi connectivity index (χ0v) is 13.3. The molecule has 0 saturated carbocycles. The third kappa shape index (κ3) is 3.98. The predicted octanol–water partition coefficient (Wildman–Crippen LogP) is 2.47. The lowest BCUT2D eigenvalue weighted by Crippen LogP contribution is -2.26. The number of nitro groups is 1. The molecule has 0 unspecified atom stereocenters. The molecular formula is C14H13ClN2O5S. The molecule has 0 aromatic heterocycles. The minimum atomic E-state index is -3.97. The van der Waals surface area contributed by atoms with Gasteiger partial charge in [-0.15, -0.1) is 0 Å². The standard InChI is InChI=1S/C14H13ClN2O5S/c15-11-5-3-7-13(14(11)18)23(21,22)16-9-8-10-4-1-2-6-12(10)17(19)20/h1-7,16,18H,8-9H2. The Morgan fingerprint density at radius 1 is 1.17 bits per heavy atom. The highest BCUT2D eigenvalue weighted by molar-refractivity contribution is 7.89. The van der Waals surface area contributed by atoms with E-state index in [4.69, 9.17) is 11.6 Å². The van der Waals surface area contributed by atoms with Crippen LogP contribution in [-0.2, 0) is 16.4 Å². The van der Waals surface area contributed by atoms with E-state index in [9.17, 15) is 23.6 Å². The van der Waals surface area contributed by atoms with E-state index >= 15 is 0 Å². The van der Waals surface area contributed by atoms with Gasteiger partial charge in [0.05, 0.1) is 9.95 Å². The molecule has 0 aliphatic heterocycles. The molecule has 0 bridgehead atoms. The highest BCUT2D eigenvalue weighted by Crippen LogP contribution is 2.30. The molecule has 9 heteroatoms. The van der Waals surface area contributed by atoms with Crippen molar-refractivity contribution in [3.8, 4) is 5.75 Å². The Hall–Kier alpha value is -2.16. The summed E-state index contributed by atoms with van der Waals surface area (Å²) < 4.78 is 26.6. The fourth-order valence-electron chi connectivity index (χ4n) is 2.01. The highest BCUT2D eigenvalue weighted by Gasteiger charge is 2.20. The summed E-state index contributed by atoms with van der Waals surface area (Å²) in [5.74, 6) is -0.535. The molecule has 0 atom stereocenters. The molecule has 0 heterocycles. The van der Waals surface area contributed by atoms with E-state index in [0.717, 1.165) is 0 Å². The number of sulfonamides is 1. The summed E-state index contributed by atoms with van der Waals surface area (Å²) in [6.07, 6.45) is 0.137. The zero-order valence-electron chi connectivity index (χ0n) is 11.8. The monoisotopic (exact) mass is 356 g/mol. The number of benzene rings is 2. The van der Waals surface area contributed by atoms with Gasteiger partial charge in [-0.05, 0) is 18.6 Å². The summed E-state index contributed by atoms with van der Waals surface area (Å²) in [7, 11) is -3.97. The predicted molar refractivity (Wildman–Crippen MR) is 85.1 cm³/mol. The number of phenolic OH excluding ortho intramolecular Hbond substituents is 1. The van der Waals surface area contributed by atoms with E-state index in [-0.39, 0.29) is 28.6 Å². The fourth-order valence-corrected chi connectivity index (χ4v) is 3.39. The van der Waals surface area contributed by atoms with Gasteiger partial charge in [0.2, 0.25) is 10.0 Å². The molecule has 122 valence electrons. The van der Waals surface area contributed by atoms with Crippen LogP contribution >= 0.6 is 11.6 Å². The number of aromatic hydroxyl groups is 1. The average Bonchev–Trinajstić information content (AvgIpc) is 2.50. The molecule has 2 N–H and O–H groups in total. The average molecular weight is 357 g/mol. The van der Waals surface area contributed by atoms with Gasteiger partial charge < -0.3 is 5.11 Å². The van der Waals surface area contributed by atoms with E-state index in [1.165, 1.54) is 30.3 Å². The first-order valence-corrected chi connectivity index (χ1v) is 8.38. The molecule has 0 saturated heterocycles. The Balaban J connectivity index is 2.12. The molecule has 2 rings (SSSR count). The fraction of sp³-hybridized carbons (Fsp3) is 0.143. The zero-order chi connectivity index (χ0) is 17.0. The number of nitro benzene ring substituents is 1. The molecule has 0 fully saturated rings. The number of nitrogens with zero attached hydrogens (tertiary/aromatic N) is 1. The maximum absolute atomic E-state index is 12.2. The molecule has 2 aromatic carbocycles. The van der Waals surface area contributed by atoms with Crippen LogP contribution in [0.5, 0.6) is 5.75 Å². The number of para-hydroxylation sites is 2. The van der Waals surface area contributed by atoms with E-state index in [1.54, 1.807) is 12.1 Å². The molecule has 7 nitrogen and oxygen atoms in total. The van der Waals surface area contributed by atoms with Gasteiger partial charge in [0.25, 0.3) is 5.69 Å². The van der Waals surface area contributed by atoms with Crippen molar-refractivity contribution >= 4 is 27.3 Å². The van der Waals surface area contributed by atoms with Gasteiger partial charge in [-0.3, -0.25) is 10.1 Å². The van der Waals surface area contributed by atoms with Crippen LogP contribution in [0.25, 0.3) is 0 Å². The molecule has 0 aliphatic rings. The van der Waals surface area contributed by atoms with Crippen molar-refractivity contribution in [2.45, 2.75) is 11.3 Å². The van der Waals surface area contributed by atoms with Gasteiger partial charge in [-0.2, -0.15) is 0 Å². The molecule has 2 aromatic rings. The SMILES string of the molecule is O=[N+]([O-])c1ccccc1CCNS(=O)(=O)c1cccc(Cl)c1O. The summed E-state index contributed by atoms with van der Waals surface area (Å²) in [5, 5.41) is 20.6. The second kappa shape index (κ2) is 6.95. The lowest BCUT2D eigenvalue weighted by molar-refractivity contribution is -0.385. The molecule has 0 amide bonds. The maximum Gasteiger partial charge on any atom is 0.272 e. The van der Waals surface area contributed by atoms with Crippen LogP contribution in [0.1, 0.15) is 5.56 Å². The van der Waals surface area contributed by atoms with Crippen LogP contribution in [0.4, 0.5) is 5.69 Å². The Bertz CT molecular complexity index is 839. The lowest BCUT2D eigenvalue weighted by atomic mass is 10.1. The van der Waals surface area contributed by atoms with E-state index in [2.05, 4.69) is 4.72 Å². The Morgan fingerprint density at radius 2 is 1.87 bits per heavy atom. The minimum absolute atomic E-state index is 0.0564. The summed E-state index contributed by atoms with van der Waals surface area (Å²) in [4.78, 5) is 10.0. The van der Waals surface area contributed by atoms with E-state index in [0.29, 0.717) is 5.56 Å². The van der Waals surface area contributed by atoms with Gasteiger partial charge in [0, 0.05) is 18.2 Å². The van der Waals surface area contributed by atoms with Crippen molar-refractivity contribution in [1.29, 1.82) is 0 Å². The summed E-state index contributed by atoms with van der Waals surface area (Å²) in [5.41, 5.74) is 0.341. The number of hydrogen-bond acceptors (Lipinski definition) is 5. The molecule has 0 aliphatic carbocycles. The molecule has 23 heavy (non-hydrogen) atoms. The minimum Gasteiger partial charge on any atom is -0.505 e. The summed E-state index contributed by atoms with van der Waals surface area (Å²) >= 11 is 5.69. The van der Waals surface area contributed by atoms with Gasteiger partial charge in [0.15, 0.2) is 5.75 Å². The highest BCUT2D eigenvalue weighted by atomic mass is 35.5. The van der Waals surface area contributed by atoms with Gasteiger partial charge in [-0.1, -0.05) is 35.9 Å². The van der Waals surface area contributed by atoms with Crippen LogP contribution in [0.15, 0.2) is 47.4 Å². The Morgan fingerprint density at radius 3 is 2.57 bits per heavy atom. The number of nitrogens with one attached hydrogen (secondary N) is 1. The van der Waals surface area contributed by atoms with Crippen molar-refractivity contribution in [2.75, 3.05) is 6.54 Å². The van der Waals surface area contributed by atoms with Crippen LogP contribution in [-0.4, -0.2) is 25.0 Å². The smallest absolute Gasteiger partial charge is 0.272 e. The molecule has 0 radical (unpaired) electrons. The maximum atomic E-state index is 12.2. The van der Waals surface area contributed by atoms with Crippen LogP contribution in [0.2, 0.25) is 5.02 Å². The quantitative estimate of drug-likeness (QED) is 0.610. The van der Waals surface area contributed by atoms with Gasteiger partial charge in [0.1, 0.15) is 4.90 Å². The van der Waals surface area contributed by atoms with E-state index < -0.39 is 20.7 Å². The normalized spacial score (nSPS) is 11.3. The summed E-state index contributed by atoms with van der Waals surface area (Å²) in [6, 6.07) is 10.1. The van der Waals surface area contributed by atoms with Crippen LogP contribution in [0.3, 0.4) is 0 Å². The topological polar surface area (TPSA) is 110 Å². The second-order valence-corrected chi connectivity index (χ2v) is 6.76. The number of phenols is 1. The van der Waals surface area contributed by atoms with Crippen molar-refractivity contribution in [3.63, 3.8) is 0 Å². The second-order valence-electron chi connectivity index (χ2n) is 4.62. The third-order valence-corrected chi connectivity index (χ3v) is 4.91.